The molecule has 0 aromatic heterocycles. The SMILES string of the molecule is C=C(CC(F)(F)F)C(F)(F)F. The zero-order chi connectivity index (χ0) is 9.28. The Morgan fingerprint density at radius 2 is 1.36 bits per heavy atom. The van der Waals surface area contributed by atoms with Crippen LogP contribution in [-0.4, -0.2) is 12.4 Å². The van der Waals surface area contributed by atoms with Crippen LogP contribution in [0.3, 0.4) is 0 Å². The number of halogens is 6. The van der Waals surface area contributed by atoms with Gasteiger partial charge in [0.25, 0.3) is 0 Å². The van der Waals surface area contributed by atoms with Crippen LogP contribution in [0.4, 0.5) is 26.3 Å². The molecule has 6 heteroatoms. The van der Waals surface area contributed by atoms with Crippen LogP contribution in [0.5, 0.6) is 0 Å². The monoisotopic (exact) mass is 178 g/mol. The van der Waals surface area contributed by atoms with Crippen molar-refractivity contribution in [1.29, 1.82) is 0 Å². The molecule has 0 spiro atoms. The molecule has 0 unspecified atom stereocenters. The number of hydrogen-bond donors (Lipinski definition) is 0. The lowest BCUT2D eigenvalue weighted by atomic mass is 10.2. The van der Waals surface area contributed by atoms with Gasteiger partial charge in [0.2, 0.25) is 0 Å². The van der Waals surface area contributed by atoms with E-state index in [0.717, 1.165) is 0 Å². The van der Waals surface area contributed by atoms with Crippen LogP contribution >= 0.6 is 0 Å². The minimum Gasteiger partial charge on any atom is -0.171 e. The van der Waals surface area contributed by atoms with Gasteiger partial charge in [0.05, 0.1) is 6.42 Å². The molecule has 66 valence electrons. The fourth-order valence-corrected chi connectivity index (χ4v) is 0.342. The first-order valence-electron chi connectivity index (χ1n) is 2.44. The molecule has 0 nitrogen and oxygen atoms in total. The second-order valence-corrected chi connectivity index (χ2v) is 1.89. The molecule has 0 saturated carbocycles. The Kier molecular flexibility index (Phi) is 2.58. The van der Waals surface area contributed by atoms with E-state index >= 15 is 0 Å². The summed E-state index contributed by atoms with van der Waals surface area (Å²) in [5.74, 6) is 0. The van der Waals surface area contributed by atoms with Crippen molar-refractivity contribution >= 4 is 0 Å². The first-order chi connectivity index (χ1) is 4.63. The summed E-state index contributed by atoms with van der Waals surface area (Å²) in [4.78, 5) is 0. The van der Waals surface area contributed by atoms with Gasteiger partial charge in [-0.1, -0.05) is 6.58 Å². The molecule has 0 aliphatic rings. The average molecular weight is 178 g/mol. The molecule has 0 fully saturated rings. The van der Waals surface area contributed by atoms with E-state index in [-0.39, 0.29) is 0 Å². The summed E-state index contributed by atoms with van der Waals surface area (Å²) in [5, 5.41) is 0. The first kappa shape index (κ1) is 10.3. The highest BCUT2D eigenvalue weighted by molar-refractivity contribution is 5.03. The molecule has 0 bridgehead atoms. The summed E-state index contributed by atoms with van der Waals surface area (Å²) >= 11 is 0. The lowest BCUT2D eigenvalue weighted by Gasteiger charge is -2.11. The van der Waals surface area contributed by atoms with Crippen LogP contribution in [-0.2, 0) is 0 Å². The van der Waals surface area contributed by atoms with E-state index in [1.807, 2.05) is 0 Å². The summed E-state index contributed by atoms with van der Waals surface area (Å²) in [6.07, 6.45) is -11.8. The van der Waals surface area contributed by atoms with Crippen LogP contribution < -0.4 is 0 Å². The van der Waals surface area contributed by atoms with E-state index in [1.165, 1.54) is 0 Å². The third kappa shape index (κ3) is 4.69. The van der Waals surface area contributed by atoms with E-state index in [1.54, 1.807) is 0 Å². The standard InChI is InChI=1S/C5H4F6/c1-3(5(9,10)11)2-4(6,7)8/h1-2H2. The Balaban J connectivity index is 4.11. The van der Waals surface area contributed by atoms with Crippen molar-refractivity contribution in [3.05, 3.63) is 12.2 Å². The zero-order valence-corrected chi connectivity index (χ0v) is 5.18. The number of rotatable bonds is 1. The van der Waals surface area contributed by atoms with Crippen molar-refractivity contribution in [3.63, 3.8) is 0 Å². The number of allylic oxidation sites excluding steroid dienone is 1. The van der Waals surface area contributed by atoms with Gasteiger partial charge >= 0.3 is 12.4 Å². The van der Waals surface area contributed by atoms with Gasteiger partial charge in [0.15, 0.2) is 0 Å². The predicted octanol–water partition coefficient (Wildman–Crippen LogP) is 3.06. The fraction of sp³-hybridized carbons (Fsp3) is 0.600. The van der Waals surface area contributed by atoms with Crippen molar-refractivity contribution < 1.29 is 26.3 Å². The Bertz CT molecular complexity index is 149. The quantitative estimate of drug-likeness (QED) is 0.427. The van der Waals surface area contributed by atoms with Crippen LogP contribution in [0.15, 0.2) is 12.2 Å². The highest BCUT2D eigenvalue weighted by Crippen LogP contribution is 2.33. The van der Waals surface area contributed by atoms with Crippen molar-refractivity contribution in [2.75, 3.05) is 0 Å². The minimum absolute atomic E-state index is 1.77. The molecule has 0 amide bonds. The predicted molar refractivity (Wildman–Crippen MR) is 25.9 cm³/mol. The molecule has 0 saturated heterocycles. The van der Waals surface area contributed by atoms with Crippen LogP contribution in [0.1, 0.15) is 6.42 Å². The lowest BCUT2D eigenvalue weighted by molar-refractivity contribution is -0.150. The molecule has 0 aliphatic carbocycles. The maximum atomic E-state index is 11.4. The van der Waals surface area contributed by atoms with Crippen molar-refractivity contribution in [2.45, 2.75) is 18.8 Å². The van der Waals surface area contributed by atoms with Gasteiger partial charge in [-0.25, -0.2) is 0 Å². The molecule has 0 N–H and O–H groups in total. The van der Waals surface area contributed by atoms with Crippen molar-refractivity contribution in [2.24, 2.45) is 0 Å². The molecule has 0 aromatic carbocycles. The van der Waals surface area contributed by atoms with Gasteiger partial charge in [-0.05, 0) is 0 Å². The maximum Gasteiger partial charge on any atom is 0.412 e. The average Bonchev–Trinajstić information content (AvgIpc) is 1.56. The third-order valence-electron chi connectivity index (χ3n) is 0.815. The van der Waals surface area contributed by atoms with Crippen LogP contribution in [0.2, 0.25) is 0 Å². The number of hydrogen-bond acceptors (Lipinski definition) is 0. The van der Waals surface area contributed by atoms with Gasteiger partial charge in [0, 0.05) is 5.57 Å². The van der Waals surface area contributed by atoms with E-state index in [2.05, 4.69) is 6.58 Å². The summed E-state index contributed by atoms with van der Waals surface area (Å²) in [5.41, 5.74) is -1.77. The summed E-state index contributed by atoms with van der Waals surface area (Å²) < 4.78 is 68.0. The molecule has 11 heavy (non-hydrogen) atoms. The van der Waals surface area contributed by atoms with Crippen LogP contribution in [0.25, 0.3) is 0 Å². The third-order valence-corrected chi connectivity index (χ3v) is 0.815. The van der Waals surface area contributed by atoms with E-state index < -0.39 is 24.3 Å². The highest BCUT2D eigenvalue weighted by Gasteiger charge is 2.39. The maximum absolute atomic E-state index is 11.4. The number of alkyl halides is 6. The highest BCUT2D eigenvalue weighted by atomic mass is 19.4. The molecular weight excluding hydrogens is 174 g/mol. The molecule has 0 heterocycles. The van der Waals surface area contributed by atoms with Gasteiger partial charge in [0.1, 0.15) is 0 Å². The minimum atomic E-state index is -4.95. The van der Waals surface area contributed by atoms with Crippen LogP contribution in [0, 0.1) is 0 Å². The first-order valence-corrected chi connectivity index (χ1v) is 2.44. The van der Waals surface area contributed by atoms with E-state index in [4.69, 9.17) is 0 Å². The van der Waals surface area contributed by atoms with Gasteiger partial charge in [-0.3, -0.25) is 0 Å². The molecule has 0 radical (unpaired) electrons. The van der Waals surface area contributed by atoms with E-state index in [9.17, 15) is 26.3 Å². The summed E-state index contributed by atoms with van der Waals surface area (Å²) in [6.45, 7) is 2.27. The fourth-order valence-electron chi connectivity index (χ4n) is 0.342. The second kappa shape index (κ2) is 2.75. The Morgan fingerprint density at radius 1 is 1.00 bits per heavy atom. The Hall–Kier alpha value is -0.680. The normalized spacial score (nSPS) is 13.3. The largest absolute Gasteiger partial charge is 0.412 e. The smallest absolute Gasteiger partial charge is 0.171 e. The van der Waals surface area contributed by atoms with Crippen molar-refractivity contribution in [3.8, 4) is 0 Å². The molecule has 0 aromatic rings. The molecule has 0 rings (SSSR count). The molecule has 0 atom stereocenters. The summed E-state index contributed by atoms with van der Waals surface area (Å²) in [7, 11) is 0. The topological polar surface area (TPSA) is 0 Å². The van der Waals surface area contributed by atoms with Gasteiger partial charge < -0.3 is 0 Å². The Labute approximate surface area is 58.5 Å². The molecular formula is C5H4F6. The van der Waals surface area contributed by atoms with Gasteiger partial charge in [-0.2, -0.15) is 26.3 Å². The molecule has 0 aliphatic heterocycles. The summed E-state index contributed by atoms with van der Waals surface area (Å²) in [6, 6.07) is 0. The lowest BCUT2D eigenvalue weighted by Crippen LogP contribution is -2.18. The van der Waals surface area contributed by atoms with E-state index in [0.29, 0.717) is 0 Å². The Morgan fingerprint density at radius 3 is 1.45 bits per heavy atom. The van der Waals surface area contributed by atoms with Gasteiger partial charge in [-0.15, -0.1) is 0 Å². The van der Waals surface area contributed by atoms with Crippen molar-refractivity contribution in [1.82, 2.24) is 0 Å². The second-order valence-electron chi connectivity index (χ2n) is 1.89. The zero-order valence-electron chi connectivity index (χ0n) is 5.18.